The number of carboxylic acids is 2. The number of aliphatic hydroxyl groups is 2. The van der Waals surface area contributed by atoms with E-state index < -0.39 is 24.6 Å². The van der Waals surface area contributed by atoms with Crippen LogP contribution in [0.2, 0.25) is 0 Å². The van der Waals surface area contributed by atoms with Gasteiger partial charge in [0.15, 0.2) is 6.10 Å². The minimum Gasteiger partial charge on any atom is -0.479 e. The average molecular weight is 206 g/mol. The molecule has 82 valence electrons. The van der Waals surface area contributed by atoms with E-state index in [1.807, 2.05) is 0 Å². The van der Waals surface area contributed by atoms with Crippen LogP contribution in [-0.4, -0.2) is 45.1 Å². The van der Waals surface area contributed by atoms with Gasteiger partial charge in [-0.05, 0) is 13.8 Å². The smallest absolute Gasteiger partial charge is 0.334 e. The SMILES string of the molecule is CC=C(C)C(=O)O.O=C(O)C(O)CO. The molecule has 4 N–H and O–H groups in total. The molecule has 1 unspecified atom stereocenters. The minimum atomic E-state index is -1.63. The van der Waals surface area contributed by atoms with Crippen molar-refractivity contribution < 1.29 is 30.0 Å². The zero-order chi connectivity index (χ0) is 11.7. The fourth-order valence-electron chi connectivity index (χ4n) is 0.202. The van der Waals surface area contributed by atoms with Crippen LogP contribution in [0.4, 0.5) is 0 Å². The molecule has 0 spiro atoms. The molecule has 0 saturated carbocycles. The Hall–Kier alpha value is -1.40. The van der Waals surface area contributed by atoms with Crippen molar-refractivity contribution in [2.24, 2.45) is 0 Å². The van der Waals surface area contributed by atoms with Gasteiger partial charge in [-0.3, -0.25) is 0 Å². The fraction of sp³-hybridized carbons (Fsp3) is 0.500. The van der Waals surface area contributed by atoms with E-state index in [1.165, 1.54) is 0 Å². The first kappa shape index (κ1) is 15.1. The summed E-state index contributed by atoms with van der Waals surface area (Å²) in [5.41, 5.74) is 0.389. The Morgan fingerprint density at radius 2 is 1.79 bits per heavy atom. The monoisotopic (exact) mass is 206 g/mol. The van der Waals surface area contributed by atoms with Gasteiger partial charge in [-0.1, -0.05) is 6.08 Å². The molecular formula is C8H14O6. The lowest BCUT2D eigenvalue weighted by Crippen LogP contribution is -2.22. The van der Waals surface area contributed by atoms with E-state index in [1.54, 1.807) is 19.9 Å². The Balaban J connectivity index is 0. The predicted octanol–water partition coefficient (Wildman–Crippen LogP) is -0.539. The number of allylic oxidation sites excluding steroid dienone is 1. The average Bonchev–Trinajstić information content (AvgIpc) is 2.15. The van der Waals surface area contributed by atoms with Gasteiger partial charge in [0.05, 0.1) is 6.61 Å². The predicted molar refractivity (Wildman–Crippen MR) is 47.8 cm³/mol. The van der Waals surface area contributed by atoms with Crippen molar-refractivity contribution in [2.75, 3.05) is 6.61 Å². The molecule has 14 heavy (non-hydrogen) atoms. The Bertz CT molecular complexity index is 220. The second kappa shape index (κ2) is 8.21. The first-order chi connectivity index (χ1) is 6.36. The quantitative estimate of drug-likeness (QED) is 0.461. The zero-order valence-electron chi connectivity index (χ0n) is 7.97. The summed E-state index contributed by atoms with van der Waals surface area (Å²) in [4.78, 5) is 19.4. The number of hydrogen-bond donors (Lipinski definition) is 4. The van der Waals surface area contributed by atoms with Crippen molar-refractivity contribution in [3.63, 3.8) is 0 Å². The van der Waals surface area contributed by atoms with Crippen LogP contribution in [0.5, 0.6) is 0 Å². The van der Waals surface area contributed by atoms with E-state index >= 15 is 0 Å². The van der Waals surface area contributed by atoms with Gasteiger partial charge in [-0.15, -0.1) is 0 Å². The molecule has 6 nitrogen and oxygen atoms in total. The summed E-state index contributed by atoms with van der Waals surface area (Å²) in [6.07, 6.45) is -0.0671. The molecule has 0 bridgehead atoms. The summed E-state index contributed by atoms with van der Waals surface area (Å²) in [7, 11) is 0. The number of carboxylic acid groups (broad SMARTS) is 2. The summed E-state index contributed by atoms with van der Waals surface area (Å²) in [6.45, 7) is 2.53. The maximum Gasteiger partial charge on any atom is 0.334 e. The van der Waals surface area contributed by atoms with Crippen LogP contribution >= 0.6 is 0 Å². The van der Waals surface area contributed by atoms with Gasteiger partial charge < -0.3 is 20.4 Å². The minimum absolute atomic E-state index is 0.389. The van der Waals surface area contributed by atoms with Crippen LogP contribution in [0.1, 0.15) is 13.8 Å². The maximum atomic E-state index is 9.86. The Morgan fingerprint density at radius 3 is 1.79 bits per heavy atom. The third-order valence-corrected chi connectivity index (χ3v) is 1.23. The van der Waals surface area contributed by atoms with Crippen LogP contribution in [0.15, 0.2) is 11.6 Å². The van der Waals surface area contributed by atoms with Gasteiger partial charge in [0, 0.05) is 5.57 Å². The molecular weight excluding hydrogens is 192 g/mol. The molecule has 1 atom stereocenters. The van der Waals surface area contributed by atoms with Gasteiger partial charge in [-0.25, -0.2) is 9.59 Å². The van der Waals surface area contributed by atoms with Gasteiger partial charge in [0.25, 0.3) is 0 Å². The summed E-state index contributed by atoms with van der Waals surface area (Å²) in [5.74, 6) is -2.25. The van der Waals surface area contributed by atoms with Crippen molar-refractivity contribution in [1.82, 2.24) is 0 Å². The van der Waals surface area contributed by atoms with Crippen molar-refractivity contribution in [1.29, 1.82) is 0 Å². The summed E-state index contributed by atoms with van der Waals surface area (Å²) < 4.78 is 0. The molecule has 0 heterocycles. The zero-order valence-corrected chi connectivity index (χ0v) is 7.97. The molecule has 0 aliphatic carbocycles. The van der Waals surface area contributed by atoms with Gasteiger partial charge in [-0.2, -0.15) is 0 Å². The van der Waals surface area contributed by atoms with E-state index in [9.17, 15) is 9.59 Å². The highest BCUT2D eigenvalue weighted by molar-refractivity contribution is 5.85. The Kier molecular flexibility index (Phi) is 8.85. The van der Waals surface area contributed by atoms with Crippen LogP contribution in [0.3, 0.4) is 0 Å². The Morgan fingerprint density at radius 1 is 1.36 bits per heavy atom. The second-order valence-corrected chi connectivity index (χ2v) is 2.31. The first-order valence-corrected chi connectivity index (χ1v) is 3.74. The highest BCUT2D eigenvalue weighted by Crippen LogP contribution is 1.87. The largest absolute Gasteiger partial charge is 0.479 e. The van der Waals surface area contributed by atoms with Crippen LogP contribution < -0.4 is 0 Å². The van der Waals surface area contributed by atoms with Crippen molar-refractivity contribution in [3.8, 4) is 0 Å². The van der Waals surface area contributed by atoms with Crippen LogP contribution in [0, 0.1) is 0 Å². The highest BCUT2D eigenvalue weighted by atomic mass is 16.4. The standard InChI is InChI=1S/C5H8O2.C3H6O4/c1-3-4(2)5(6)7;4-1-2(5)3(6)7/h3H,1-2H3,(H,6,7);2,4-5H,1H2,(H,6,7). The van der Waals surface area contributed by atoms with E-state index in [0.717, 1.165) is 0 Å². The molecule has 0 radical (unpaired) electrons. The first-order valence-electron chi connectivity index (χ1n) is 3.74. The van der Waals surface area contributed by atoms with Gasteiger partial charge >= 0.3 is 11.9 Å². The van der Waals surface area contributed by atoms with E-state index in [-0.39, 0.29) is 0 Å². The molecule has 0 aromatic heterocycles. The highest BCUT2D eigenvalue weighted by Gasteiger charge is 2.08. The number of carbonyl (C=O) groups is 2. The van der Waals surface area contributed by atoms with Gasteiger partial charge in [0.1, 0.15) is 0 Å². The van der Waals surface area contributed by atoms with Gasteiger partial charge in [0.2, 0.25) is 0 Å². The molecule has 0 fully saturated rings. The number of aliphatic carboxylic acids is 2. The van der Waals surface area contributed by atoms with Crippen molar-refractivity contribution in [3.05, 3.63) is 11.6 Å². The topological polar surface area (TPSA) is 115 Å². The van der Waals surface area contributed by atoms with Crippen LogP contribution in [0.25, 0.3) is 0 Å². The number of rotatable bonds is 3. The molecule has 6 heteroatoms. The molecule has 0 aromatic rings. The third-order valence-electron chi connectivity index (χ3n) is 1.23. The van der Waals surface area contributed by atoms with E-state index in [4.69, 9.17) is 20.4 Å². The summed E-state index contributed by atoms with van der Waals surface area (Å²) >= 11 is 0. The maximum absolute atomic E-state index is 9.86. The lowest BCUT2D eigenvalue weighted by Gasteiger charge is -1.95. The number of hydrogen-bond acceptors (Lipinski definition) is 4. The van der Waals surface area contributed by atoms with Crippen molar-refractivity contribution >= 4 is 11.9 Å². The lowest BCUT2D eigenvalue weighted by molar-refractivity contribution is -0.148. The fourth-order valence-corrected chi connectivity index (χ4v) is 0.202. The molecule has 0 aliphatic rings. The van der Waals surface area contributed by atoms with E-state index in [2.05, 4.69) is 0 Å². The molecule has 0 rings (SSSR count). The van der Waals surface area contributed by atoms with E-state index in [0.29, 0.717) is 5.57 Å². The second-order valence-electron chi connectivity index (χ2n) is 2.31. The third kappa shape index (κ3) is 8.69. The molecule has 0 aromatic carbocycles. The molecule has 0 amide bonds. The van der Waals surface area contributed by atoms with Crippen LogP contribution in [-0.2, 0) is 9.59 Å². The summed E-state index contributed by atoms with van der Waals surface area (Å²) in [5, 5.41) is 31.8. The summed E-state index contributed by atoms with van der Waals surface area (Å²) in [6, 6.07) is 0. The molecule has 0 aliphatic heterocycles. The Labute approximate surface area is 81.1 Å². The number of aliphatic hydroxyl groups excluding tert-OH is 2. The normalized spacial score (nSPS) is 12.4. The van der Waals surface area contributed by atoms with Crippen molar-refractivity contribution in [2.45, 2.75) is 20.0 Å². The molecule has 0 saturated heterocycles. The lowest BCUT2D eigenvalue weighted by atomic mass is 10.3.